The Bertz CT molecular complexity index is 1720. The van der Waals surface area contributed by atoms with Crippen molar-refractivity contribution in [3.8, 4) is 0 Å². The molecular formula is C32H34N2O9S. The van der Waals surface area contributed by atoms with Gasteiger partial charge in [-0.1, -0.05) is 50.3 Å². The topological polar surface area (TPSA) is 140 Å². The zero-order valence-corrected chi connectivity index (χ0v) is 25.1. The number of ether oxygens (including phenoxy) is 1. The number of anilines is 1. The average molecular weight is 623 g/mol. The van der Waals surface area contributed by atoms with Crippen molar-refractivity contribution in [2.75, 3.05) is 24.1 Å². The lowest BCUT2D eigenvalue weighted by Gasteiger charge is -2.48. The molecule has 232 valence electrons. The van der Waals surface area contributed by atoms with Gasteiger partial charge in [0.05, 0.1) is 34.5 Å². The van der Waals surface area contributed by atoms with Crippen molar-refractivity contribution in [1.82, 2.24) is 4.90 Å². The normalized spacial score (nSPS) is 25.3. The van der Waals surface area contributed by atoms with Crippen LogP contribution in [-0.4, -0.2) is 68.2 Å². The van der Waals surface area contributed by atoms with Crippen molar-refractivity contribution in [2.45, 2.75) is 49.6 Å². The minimum absolute atomic E-state index is 0.0110. The first-order chi connectivity index (χ1) is 21.2. The van der Waals surface area contributed by atoms with E-state index in [0.29, 0.717) is 42.3 Å². The summed E-state index contributed by atoms with van der Waals surface area (Å²) in [4.78, 5) is 51.4. The Labute approximate surface area is 255 Å². The van der Waals surface area contributed by atoms with Crippen LogP contribution >= 0.6 is 0 Å². The minimum Gasteiger partial charge on any atom is -0.457 e. The number of rotatable bonds is 11. The molecule has 11 nitrogen and oxygen atoms in total. The lowest BCUT2D eigenvalue weighted by Crippen LogP contribution is -2.63. The Morgan fingerprint density at radius 1 is 1.14 bits per heavy atom. The lowest BCUT2D eigenvalue weighted by molar-refractivity contribution is -0.271. The summed E-state index contributed by atoms with van der Waals surface area (Å²) in [6, 6.07) is 7.37. The molecule has 6 rings (SSSR count). The Morgan fingerprint density at radius 2 is 1.91 bits per heavy atom. The third kappa shape index (κ3) is 4.38. The second-order valence-electron chi connectivity index (χ2n) is 11.4. The number of fused-ring (bicyclic) bond motifs is 3. The molecule has 2 aromatic carbocycles. The fourth-order valence-electron chi connectivity index (χ4n) is 7.40. The Kier molecular flexibility index (Phi) is 7.85. The van der Waals surface area contributed by atoms with E-state index in [-0.39, 0.29) is 36.3 Å². The van der Waals surface area contributed by atoms with Crippen LogP contribution in [0.5, 0.6) is 0 Å². The van der Waals surface area contributed by atoms with Crippen molar-refractivity contribution < 1.29 is 42.4 Å². The van der Waals surface area contributed by atoms with E-state index < -0.39 is 51.8 Å². The molecular weight excluding hydrogens is 588 g/mol. The predicted molar refractivity (Wildman–Crippen MR) is 159 cm³/mol. The van der Waals surface area contributed by atoms with E-state index in [4.69, 9.17) is 14.5 Å². The van der Waals surface area contributed by atoms with Gasteiger partial charge in [-0.05, 0) is 47.9 Å². The zero-order valence-electron chi connectivity index (χ0n) is 24.3. The average Bonchev–Trinajstić information content (AvgIpc) is 3.44. The van der Waals surface area contributed by atoms with Crippen LogP contribution in [0.3, 0.4) is 0 Å². The van der Waals surface area contributed by atoms with Gasteiger partial charge in [0.1, 0.15) is 18.9 Å². The molecule has 0 spiro atoms. The highest BCUT2D eigenvalue weighted by molar-refractivity contribution is 7.93. The van der Waals surface area contributed by atoms with E-state index in [1.165, 1.54) is 21.4 Å². The van der Waals surface area contributed by atoms with Crippen LogP contribution in [0.4, 0.5) is 5.69 Å². The summed E-state index contributed by atoms with van der Waals surface area (Å²) in [7, 11) is -4.05. The first kappa shape index (κ1) is 30.0. The summed E-state index contributed by atoms with van der Waals surface area (Å²) in [5.74, 6) is -3.95. The molecule has 1 saturated heterocycles. The van der Waals surface area contributed by atoms with E-state index in [1.54, 1.807) is 31.2 Å². The van der Waals surface area contributed by atoms with Crippen molar-refractivity contribution in [2.24, 2.45) is 17.8 Å². The Hall–Kier alpha value is -4.00. The van der Waals surface area contributed by atoms with Crippen molar-refractivity contribution in [3.05, 3.63) is 72.5 Å². The Morgan fingerprint density at radius 3 is 2.64 bits per heavy atom. The molecule has 3 heterocycles. The summed E-state index contributed by atoms with van der Waals surface area (Å²) < 4.78 is 35.4. The molecule has 1 saturated carbocycles. The molecule has 3 aliphatic heterocycles. The number of esters is 1. The lowest BCUT2D eigenvalue weighted by atomic mass is 9.69. The number of carbonyl (C=O) groups excluding carboxylic acids is 3. The number of aliphatic hydroxyl groups excluding tert-OH is 1. The van der Waals surface area contributed by atoms with E-state index in [2.05, 4.69) is 13.2 Å². The molecule has 0 aromatic heterocycles. The van der Waals surface area contributed by atoms with Gasteiger partial charge in [-0.25, -0.2) is 18.0 Å². The number of β-lactam (4-membered cyclic amide) rings is 1. The standard InChI is InChI=1S/C32H34N2O9S/c1-4-16-41-32(38)29-27-21(28-25(30(36)33(28)29)18(3)31(37)43-42-17-5-2)9-7-11-23(27)34-22-10-6-8-20-19(14-15-35)12-13-24(26(20)22)44(34,39)40/h4-6,8,10,12-13,18,21,23,25,28,35H,1-2,7,9,11,14-17H2,3H3/t18?,21-,23?,25+,28?/m0/s1. The molecule has 3 unspecified atom stereocenters. The van der Waals surface area contributed by atoms with Gasteiger partial charge < -0.3 is 14.7 Å². The fourth-order valence-corrected chi connectivity index (χ4v) is 9.29. The fraction of sp³-hybridized carbons (Fsp3) is 0.406. The van der Waals surface area contributed by atoms with Crippen LogP contribution in [0.25, 0.3) is 10.8 Å². The van der Waals surface area contributed by atoms with Crippen molar-refractivity contribution in [1.29, 1.82) is 0 Å². The highest BCUT2D eigenvalue weighted by Crippen LogP contribution is 2.56. The second kappa shape index (κ2) is 11.5. The quantitative estimate of drug-likeness (QED) is 0.1000. The maximum atomic E-state index is 14.3. The number of aliphatic hydroxyl groups is 1. The summed E-state index contributed by atoms with van der Waals surface area (Å²) in [6.45, 7) is 8.51. The highest BCUT2D eigenvalue weighted by atomic mass is 32.2. The number of hydrogen-bond donors (Lipinski definition) is 1. The van der Waals surface area contributed by atoms with Crippen LogP contribution in [0, 0.1) is 17.8 Å². The van der Waals surface area contributed by atoms with Crippen molar-refractivity contribution >= 4 is 44.3 Å². The van der Waals surface area contributed by atoms with Gasteiger partial charge >= 0.3 is 11.9 Å². The summed E-state index contributed by atoms with van der Waals surface area (Å²) >= 11 is 0. The molecule has 44 heavy (non-hydrogen) atoms. The molecule has 2 fully saturated rings. The SMILES string of the molecule is C=CCOOC(=O)C(C)[C@H]1C(=O)N2C(C(=O)OCC=C)=C3C(N4c5cccc6c(CCO)ccc(c56)S4(=O)=O)CCC[C@@H]3C12. The monoisotopic (exact) mass is 622 g/mol. The molecule has 2 aromatic rings. The molecule has 12 heteroatoms. The minimum atomic E-state index is -4.05. The van der Waals surface area contributed by atoms with E-state index in [0.717, 1.165) is 10.9 Å². The van der Waals surface area contributed by atoms with E-state index in [1.807, 2.05) is 6.07 Å². The molecule has 1 N–H and O–H groups in total. The summed E-state index contributed by atoms with van der Waals surface area (Å²) in [5, 5.41) is 10.9. The first-order valence-electron chi connectivity index (χ1n) is 14.7. The third-order valence-corrected chi connectivity index (χ3v) is 11.0. The van der Waals surface area contributed by atoms with Gasteiger partial charge in [0, 0.05) is 17.9 Å². The molecule has 1 amide bonds. The van der Waals surface area contributed by atoms with Gasteiger partial charge in [-0.2, -0.15) is 4.89 Å². The number of amides is 1. The zero-order chi connectivity index (χ0) is 31.3. The van der Waals surface area contributed by atoms with Gasteiger partial charge in [-0.15, -0.1) is 6.58 Å². The van der Waals surface area contributed by atoms with E-state index >= 15 is 0 Å². The number of nitrogens with zero attached hydrogens (tertiary/aromatic N) is 2. The second-order valence-corrected chi connectivity index (χ2v) is 13.2. The van der Waals surface area contributed by atoms with Gasteiger partial charge in [0.15, 0.2) is 0 Å². The maximum absolute atomic E-state index is 14.3. The van der Waals surface area contributed by atoms with Gasteiger partial charge in [-0.3, -0.25) is 14.0 Å². The van der Waals surface area contributed by atoms with Crippen LogP contribution in [0.1, 0.15) is 31.7 Å². The van der Waals surface area contributed by atoms with Crippen LogP contribution in [0.15, 0.2) is 71.8 Å². The predicted octanol–water partition coefficient (Wildman–Crippen LogP) is 3.17. The third-order valence-electron chi connectivity index (χ3n) is 9.14. The largest absolute Gasteiger partial charge is 0.457 e. The number of sulfonamides is 1. The Balaban J connectivity index is 1.44. The van der Waals surface area contributed by atoms with Crippen LogP contribution < -0.4 is 4.31 Å². The molecule has 0 radical (unpaired) electrons. The van der Waals surface area contributed by atoms with Gasteiger partial charge in [0.25, 0.3) is 10.0 Å². The highest BCUT2D eigenvalue weighted by Gasteiger charge is 2.64. The van der Waals surface area contributed by atoms with Crippen LogP contribution in [0.2, 0.25) is 0 Å². The summed E-state index contributed by atoms with van der Waals surface area (Å²) in [5.41, 5.74) is 1.88. The summed E-state index contributed by atoms with van der Waals surface area (Å²) in [6.07, 6.45) is 4.85. The number of hydrogen-bond acceptors (Lipinski definition) is 9. The molecule has 0 bridgehead atoms. The molecule has 1 aliphatic carbocycles. The van der Waals surface area contributed by atoms with Gasteiger partial charge in [0.2, 0.25) is 5.91 Å². The smallest absolute Gasteiger partial charge is 0.355 e. The molecule has 5 atom stereocenters. The number of benzene rings is 2. The van der Waals surface area contributed by atoms with Crippen LogP contribution in [-0.2, 0) is 45.3 Å². The maximum Gasteiger partial charge on any atom is 0.355 e. The number of carbonyl (C=O) groups is 3. The van der Waals surface area contributed by atoms with Crippen molar-refractivity contribution in [3.63, 3.8) is 0 Å². The first-order valence-corrected chi connectivity index (χ1v) is 16.1. The van der Waals surface area contributed by atoms with E-state index in [9.17, 15) is 27.9 Å². The molecule has 4 aliphatic rings.